The van der Waals surface area contributed by atoms with Crippen LogP contribution in [-0.4, -0.2) is 73.4 Å². The molecule has 3 aromatic rings. The number of aliphatic hydroxyl groups excluding tert-OH is 2. The van der Waals surface area contributed by atoms with Gasteiger partial charge in [0.15, 0.2) is 11.4 Å². The molecule has 1 fully saturated rings. The molecule has 1 aromatic carbocycles. The number of imidazole rings is 1. The van der Waals surface area contributed by atoms with Gasteiger partial charge in [-0.3, -0.25) is 4.57 Å². The van der Waals surface area contributed by atoms with E-state index in [0.29, 0.717) is 54.3 Å². The summed E-state index contributed by atoms with van der Waals surface area (Å²) < 4.78 is 12.5. The van der Waals surface area contributed by atoms with Gasteiger partial charge in [-0.25, -0.2) is 4.98 Å². The molecule has 5 N–H and O–H groups in total. The predicted octanol–water partition coefficient (Wildman–Crippen LogP) is 0.390. The number of aromatic nitrogens is 4. The molecule has 10 nitrogen and oxygen atoms in total. The third kappa shape index (κ3) is 4.42. The second-order valence-corrected chi connectivity index (χ2v) is 8.15. The summed E-state index contributed by atoms with van der Waals surface area (Å²) in [5, 5.41) is 31.7. The number of hydrogen-bond acceptors (Lipinski definition) is 9. The zero-order valence-corrected chi connectivity index (χ0v) is 18.1. The van der Waals surface area contributed by atoms with Crippen LogP contribution in [0.2, 0.25) is 5.02 Å². The van der Waals surface area contributed by atoms with Crippen molar-refractivity contribution in [2.24, 2.45) is 5.73 Å². The van der Waals surface area contributed by atoms with Crippen LogP contribution in [0.3, 0.4) is 0 Å². The quantitative estimate of drug-likeness (QED) is 0.353. The Hall–Kier alpha value is -2.34. The van der Waals surface area contributed by atoms with Crippen LogP contribution in [0.5, 0.6) is 6.01 Å². The summed E-state index contributed by atoms with van der Waals surface area (Å²) >= 11 is 5.92. The number of aliphatic hydroxyl groups is 3. The lowest BCUT2D eigenvalue weighted by Crippen LogP contribution is -2.46. The van der Waals surface area contributed by atoms with E-state index in [2.05, 4.69) is 15.0 Å². The number of rotatable bonds is 9. The Morgan fingerprint density at radius 1 is 1.25 bits per heavy atom. The highest BCUT2D eigenvalue weighted by Crippen LogP contribution is 2.33. The van der Waals surface area contributed by atoms with Crippen molar-refractivity contribution in [2.75, 3.05) is 26.4 Å². The number of fused-ring (bicyclic) bond motifs is 1. The Bertz CT molecular complexity index is 1060. The first-order valence-corrected chi connectivity index (χ1v) is 10.8. The van der Waals surface area contributed by atoms with Crippen LogP contribution in [0.25, 0.3) is 11.2 Å². The molecule has 0 amide bonds. The summed E-state index contributed by atoms with van der Waals surface area (Å²) in [7, 11) is 0. The molecule has 4 rings (SSSR count). The first-order valence-electron chi connectivity index (χ1n) is 10.4. The molecule has 0 bridgehead atoms. The van der Waals surface area contributed by atoms with E-state index in [1.54, 1.807) is 0 Å². The summed E-state index contributed by atoms with van der Waals surface area (Å²) in [5.74, 6) is 0. The predicted molar refractivity (Wildman–Crippen MR) is 116 cm³/mol. The van der Waals surface area contributed by atoms with E-state index in [1.807, 2.05) is 24.3 Å². The van der Waals surface area contributed by atoms with Crippen molar-refractivity contribution in [3.05, 3.63) is 46.9 Å². The Morgan fingerprint density at radius 2 is 2.03 bits per heavy atom. The molecule has 32 heavy (non-hydrogen) atoms. The summed E-state index contributed by atoms with van der Waals surface area (Å²) in [6.07, 6.45) is 0.982. The topological polar surface area (TPSA) is 149 Å². The number of halogens is 1. The molecule has 0 unspecified atom stereocenters. The van der Waals surface area contributed by atoms with Crippen LogP contribution in [0.4, 0.5) is 0 Å². The molecule has 0 saturated carbocycles. The highest BCUT2D eigenvalue weighted by molar-refractivity contribution is 6.30. The average Bonchev–Trinajstić information content (AvgIpc) is 3.35. The van der Waals surface area contributed by atoms with Crippen molar-refractivity contribution in [3.63, 3.8) is 0 Å². The van der Waals surface area contributed by atoms with Gasteiger partial charge in [0.05, 0.1) is 31.8 Å². The maximum absolute atomic E-state index is 11.1. The lowest BCUT2D eigenvalue weighted by molar-refractivity contribution is -0.110. The van der Waals surface area contributed by atoms with Crippen molar-refractivity contribution in [1.82, 2.24) is 19.5 Å². The van der Waals surface area contributed by atoms with E-state index in [9.17, 15) is 15.3 Å². The lowest BCUT2D eigenvalue weighted by atomic mass is 10.1. The fraction of sp³-hybridized carbons (Fsp3) is 0.476. The lowest BCUT2D eigenvalue weighted by Gasteiger charge is -2.27. The van der Waals surface area contributed by atoms with Crippen LogP contribution in [-0.2, 0) is 23.3 Å². The smallest absolute Gasteiger partial charge is 0.318 e. The number of nitrogens with two attached hydrogens (primary N) is 1. The highest BCUT2D eigenvalue weighted by Gasteiger charge is 2.50. The molecule has 2 aromatic heterocycles. The van der Waals surface area contributed by atoms with Gasteiger partial charge < -0.3 is 30.5 Å². The summed E-state index contributed by atoms with van der Waals surface area (Å²) in [5.41, 5.74) is 6.31. The zero-order chi connectivity index (χ0) is 22.7. The SMILES string of the molecule is NCCCc1nc(OCCc2ccc(Cl)cc2)nc2c1ncn2[C@]1(O)CO[C@H](CO)[C@H]1O. The second kappa shape index (κ2) is 9.65. The first kappa shape index (κ1) is 22.8. The molecule has 172 valence electrons. The molecule has 3 heterocycles. The number of ether oxygens (including phenoxy) is 2. The Balaban J connectivity index is 1.63. The minimum atomic E-state index is -1.83. The van der Waals surface area contributed by atoms with Gasteiger partial charge >= 0.3 is 6.01 Å². The fourth-order valence-corrected chi connectivity index (χ4v) is 3.83. The maximum atomic E-state index is 11.1. The minimum absolute atomic E-state index is 0.135. The number of aryl methyl sites for hydroxylation is 1. The van der Waals surface area contributed by atoms with Crippen LogP contribution in [0, 0.1) is 0 Å². The van der Waals surface area contributed by atoms with Gasteiger partial charge in [-0.1, -0.05) is 23.7 Å². The van der Waals surface area contributed by atoms with E-state index < -0.39 is 24.5 Å². The standard InChI is InChI=1S/C21H26ClN5O5/c22-14-5-3-13(4-6-14)7-9-31-20-25-15(2-1-8-23)17-19(26-20)27(12-24-17)21(30)11-32-16(10-28)18(21)29/h3-6,12,16,18,28-30H,1-2,7-11,23H2/t16-,18-,21+/m1/s1. The van der Waals surface area contributed by atoms with Gasteiger partial charge in [0.1, 0.15) is 17.7 Å². The van der Waals surface area contributed by atoms with E-state index >= 15 is 0 Å². The average molecular weight is 464 g/mol. The van der Waals surface area contributed by atoms with Gasteiger partial charge in [-0.2, -0.15) is 9.97 Å². The van der Waals surface area contributed by atoms with Crippen LogP contribution in [0.15, 0.2) is 30.6 Å². The molecule has 1 aliphatic heterocycles. The highest BCUT2D eigenvalue weighted by atomic mass is 35.5. The molecule has 0 aliphatic carbocycles. The van der Waals surface area contributed by atoms with Gasteiger partial charge in [0.25, 0.3) is 0 Å². The number of nitrogens with zero attached hydrogens (tertiary/aromatic N) is 4. The van der Waals surface area contributed by atoms with Crippen molar-refractivity contribution < 1.29 is 24.8 Å². The number of hydrogen-bond donors (Lipinski definition) is 4. The Morgan fingerprint density at radius 3 is 2.72 bits per heavy atom. The van der Waals surface area contributed by atoms with Gasteiger partial charge in [0.2, 0.25) is 0 Å². The molecular formula is C21H26ClN5O5. The normalized spacial score (nSPS) is 23.2. The van der Waals surface area contributed by atoms with E-state index in [4.69, 9.17) is 26.8 Å². The second-order valence-electron chi connectivity index (χ2n) is 7.71. The van der Waals surface area contributed by atoms with Crippen molar-refractivity contribution >= 4 is 22.8 Å². The van der Waals surface area contributed by atoms with Gasteiger partial charge in [-0.05, 0) is 37.1 Å². The monoisotopic (exact) mass is 463 g/mol. The van der Waals surface area contributed by atoms with Crippen LogP contribution < -0.4 is 10.5 Å². The zero-order valence-electron chi connectivity index (χ0n) is 17.4. The molecular weight excluding hydrogens is 438 g/mol. The molecule has 1 saturated heterocycles. The molecule has 3 atom stereocenters. The van der Waals surface area contributed by atoms with Crippen LogP contribution >= 0.6 is 11.6 Å². The summed E-state index contributed by atoms with van der Waals surface area (Å²) in [6.45, 7) is 0.166. The summed E-state index contributed by atoms with van der Waals surface area (Å²) in [6, 6.07) is 7.62. The third-order valence-electron chi connectivity index (χ3n) is 5.53. The van der Waals surface area contributed by atoms with E-state index in [-0.39, 0.29) is 12.6 Å². The molecule has 1 aliphatic rings. The summed E-state index contributed by atoms with van der Waals surface area (Å²) in [4.78, 5) is 13.3. The molecule has 11 heteroatoms. The number of benzene rings is 1. The van der Waals surface area contributed by atoms with Gasteiger partial charge in [-0.15, -0.1) is 0 Å². The minimum Gasteiger partial charge on any atom is -0.463 e. The maximum Gasteiger partial charge on any atom is 0.318 e. The van der Waals surface area contributed by atoms with E-state index in [0.717, 1.165) is 5.56 Å². The Kier molecular flexibility index (Phi) is 6.89. The molecule has 0 spiro atoms. The van der Waals surface area contributed by atoms with Crippen molar-refractivity contribution in [2.45, 2.75) is 37.2 Å². The third-order valence-corrected chi connectivity index (χ3v) is 5.79. The molecule has 0 radical (unpaired) electrons. The van der Waals surface area contributed by atoms with Gasteiger partial charge in [0, 0.05) is 11.4 Å². The van der Waals surface area contributed by atoms with Crippen molar-refractivity contribution in [3.8, 4) is 6.01 Å². The van der Waals surface area contributed by atoms with Crippen LogP contribution in [0.1, 0.15) is 17.7 Å². The fourth-order valence-electron chi connectivity index (χ4n) is 3.71. The van der Waals surface area contributed by atoms with Crippen molar-refractivity contribution in [1.29, 1.82) is 0 Å². The largest absolute Gasteiger partial charge is 0.463 e. The first-order chi connectivity index (χ1) is 15.5. The van der Waals surface area contributed by atoms with E-state index in [1.165, 1.54) is 10.9 Å². The Labute approximate surface area is 189 Å².